The van der Waals surface area contributed by atoms with Crippen LogP contribution >= 0.6 is 0 Å². The van der Waals surface area contributed by atoms with Crippen LogP contribution in [0.25, 0.3) is 0 Å². The number of H-pyrrole nitrogens is 1. The van der Waals surface area contributed by atoms with Gasteiger partial charge in [-0.1, -0.05) is 0 Å². The van der Waals surface area contributed by atoms with Gasteiger partial charge in [0.2, 0.25) is 11.9 Å². The molecule has 0 aromatic carbocycles. The molecular formula is C6H13N5. The molecule has 1 aromatic rings. The van der Waals surface area contributed by atoms with E-state index in [1.807, 2.05) is 38.0 Å². The summed E-state index contributed by atoms with van der Waals surface area (Å²) < 4.78 is 0. The van der Waals surface area contributed by atoms with Gasteiger partial charge in [-0.15, -0.1) is 5.10 Å². The zero-order chi connectivity index (χ0) is 8.43. The van der Waals surface area contributed by atoms with Gasteiger partial charge in [0.15, 0.2) is 0 Å². The average molecular weight is 155 g/mol. The van der Waals surface area contributed by atoms with E-state index in [0.29, 0.717) is 5.95 Å². The van der Waals surface area contributed by atoms with Crippen LogP contribution in [-0.4, -0.2) is 43.4 Å². The molecule has 0 aliphatic heterocycles. The van der Waals surface area contributed by atoms with E-state index in [0.717, 1.165) is 5.95 Å². The molecule has 0 atom stereocenters. The molecule has 0 aliphatic rings. The molecule has 62 valence electrons. The SMILES string of the molecule is CN(C)c1n[nH]c(N(C)C)n1. The first-order valence-electron chi connectivity index (χ1n) is 3.38. The lowest BCUT2D eigenvalue weighted by Crippen LogP contribution is -2.12. The summed E-state index contributed by atoms with van der Waals surface area (Å²) in [5.41, 5.74) is 0. The molecule has 5 nitrogen and oxygen atoms in total. The van der Waals surface area contributed by atoms with Crippen LogP contribution in [-0.2, 0) is 0 Å². The van der Waals surface area contributed by atoms with E-state index >= 15 is 0 Å². The first-order chi connectivity index (χ1) is 5.11. The molecule has 0 bridgehead atoms. The number of hydrogen-bond acceptors (Lipinski definition) is 4. The lowest BCUT2D eigenvalue weighted by Gasteiger charge is -2.06. The van der Waals surface area contributed by atoms with Gasteiger partial charge < -0.3 is 9.80 Å². The van der Waals surface area contributed by atoms with Crippen molar-refractivity contribution in [1.29, 1.82) is 0 Å². The van der Waals surface area contributed by atoms with Gasteiger partial charge in [0, 0.05) is 28.2 Å². The van der Waals surface area contributed by atoms with Crippen LogP contribution < -0.4 is 9.80 Å². The molecule has 1 heterocycles. The van der Waals surface area contributed by atoms with Crippen LogP contribution in [0.4, 0.5) is 11.9 Å². The Labute approximate surface area is 66.0 Å². The Morgan fingerprint density at radius 2 is 1.73 bits per heavy atom. The largest absolute Gasteiger partial charge is 0.347 e. The first-order valence-corrected chi connectivity index (χ1v) is 3.38. The Balaban J connectivity index is 2.82. The van der Waals surface area contributed by atoms with Crippen molar-refractivity contribution in [3.8, 4) is 0 Å². The summed E-state index contributed by atoms with van der Waals surface area (Å²) in [4.78, 5) is 7.92. The van der Waals surface area contributed by atoms with Gasteiger partial charge >= 0.3 is 0 Å². The summed E-state index contributed by atoms with van der Waals surface area (Å²) in [7, 11) is 7.64. The Hall–Kier alpha value is -1.26. The highest BCUT2D eigenvalue weighted by atomic mass is 15.4. The second-order valence-electron chi connectivity index (χ2n) is 2.75. The predicted octanol–water partition coefficient (Wildman–Crippen LogP) is -0.0633. The zero-order valence-electron chi connectivity index (χ0n) is 7.29. The zero-order valence-corrected chi connectivity index (χ0v) is 7.29. The van der Waals surface area contributed by atoms with Crippen molar-refractivity contribution >= 4 is 11.9 Å². The van der Waals surface area contributed by atoms with Gasteiger partial charge in [-0.3, -0.25) is 0 Å². The van der Waals surface area contributed by atoms with Crippen molar-refractivity contribution in [2.24, 2.45) is 0 Å². The monoisotopic (exact) mass is 155 g/mol. The molecule has 1 rings (SSSR count). The maximum Gasteiger partial charge on any atom is 0.245 e. The van der Waals surface area contributed by atoms with Gasteiger partial charge in [0.25, 0.3) is 0 Å². The fraction of sp³-hybridized carbons (Fsp3) is 0.667. The van der Waals surface area contributed by atoms with Crippen LogP contribution in [0.5, 0.6) is 0 Å². The van der Waals surface area contributed by atoms with Crippen LogP contribution in [0.15, 0.2) is 0 Å². The number of aromatic amines is 1. The summed E-state index contributed by atoms with van der Waals surface area (Å²) in [6.45, 7) is 0. The molecule has 1 N–H and O–H groups in total. The van der Waals surface area contributed by atoms with E-state index in [4.69, 9.17) is 0 Å². The van der Waals surface area contributed by atoms with Crippen LogP contribution in [0.2, 0.25) is 0 Å². The lowest BCUT2D eigenvalue weighted by molar-refractivity contribution is 0.985. The number of rotatable bonds is 2. The van der Waals surface area contributed by atoms with Crippen molar-refractivity contribution < 1.29 is 0 Å². The van der Waals surface area contributed by atoms with Crippen LogP contribution in [0.1, 0.15) is 0 Å². The van der Waals surface area contributed by atoms with Gasteiger partial charge in [-0.25, -0.2) is 5.10 Å². The Bertz CT molecular complexity index is 204. The summed E-state index contributed by atoms with van der Waals surface area (Å²) in [6.07, 6.45) is 0. The first kappa shape index (κ1) is 7.84. The second kappa shape index (κ2) is 2.77. The minimum Gasteiger partial charge on any atom is -0.347 e. The predicted molar refractivity (Wildman–Crippen MR) is 45.0 cm³/mol. The quantitative estimate of drug-likeness (QED) is 0.650. The van der Waals surface area contributed by atoms with E-state index in [-0.39, 0.29) is 0 Å². The highest BCUT2D eigenvalue weighted by Gasteiger charge is 2.04. The molecule has 5 heteroatoms. The number of aromatic nitrogens is 3. The van der Waals surface area contributed by atoms with Crippen LogP contribution in [0.3, 0.4) is 0 Å². The fourth-order valence-electron chi connectivity index (χ4n) is 0.645. The molecule has 0 saturated carbocycles. The van der Waals surface area contributed by atoms with Crippen molar-refractivity contribution in [2.75, 3.05) is 38.0 Å². The van der Waals surface area contributed by atoms with Crippen LogP contribution in [0, 0.1) is 0 Å². The minimum atomic E-state index is 0.703. The molecule has 11 heavy (non-hydrogen) atoms. The second-order valence-corrected chi connectivity index (χ2v) is 2.75. The molecule has 0 fully saturated rings. The van der Waals surface area contributed by atoms with E-state index in [9.17, 15) is 0 Å². The summed E-state index contributed by atoms with van der Waals surface area (Å²) in [5.74, 6) is 1.47. The molecule has 1 aromatic heterocycles. The molecule has 0 saturated heterocycles. The van der Waals surface area contributed by atoms with Gasteiger partial charge in [0.05, 0.1) is 0 Å². The van der Waals surface area contributed by atoms with Gasteiger partial charge in [-0.2, -0.15) is 4.98 Å². The minimum absolute atomic E-state index is 0.703. The van der Waals surface area contributed by atoms with Crippen molar-refractivity contribution in [1.82, 2.24) is 15.2 Å². The highest BCUT2D eigenvalue weighted by molar-refractivity contribution is 5.35. The molecule has 0 aliphatic carbocycles. The van der Waals surface area contributed by atoms with Crippen molar-refractivity contribution in [2.45, 2.75) is 0 Å². The molecule has 0 spiro atoms. The van der Waals surface area contributed by atoms with Crippen molar-refractivity contribution in [3.63, 3.8) is 0 Å². The maximum atomic E-state index is 4.19. The summed E-state index contributed by atoms with van der Waals surface area (Å²) in [5, 5.41) is 6.79. The smallest absolute Gasteiger partial charge is 0.245 e. The Kier molecular flexibility index (Phi) is 1.98. The lowest BCUT2D eigenvalue weighted by atomic mass is 10.8. The fourth-order valence-corrected chi connectivity index (χ4v) is 0.645. The van der Waals surface area contributed by atoms with E-state index in [1.54, 1.807) is 0 Å². The highest BCUT2D eigenvalue weighted by Crippen LogP contribution is 2.07. The molecular weight excluding hydrogens is 142 g/mol. The summed E-state index contributed by atoms with van der Waals surface area (Å²) in [6, 6.07) is 0. The number of hydrogen-bond donors (Lipinski definition) is 1. The number of anilines is 2. The third-order valence-corrected chi connectivity index (χ3v) is 1.29. The van der Waals surface area contributed by atoms with Gasteiger partial charge in [0.1, 0.15) is 0 Å². The number of nitrogens with zero attached hydrogens (tertiary/aromatic N) is 4. The Morgan fingerprint density at radius 1 is 1.09 bits per heavy atom. The Morgan fingerprint density at radius 3 is 2.00 bits per heavy atom. The molecule has 0 unspecified atom stereocenters. The summed E-state index contributed by atoms with van der Waals surface area (Å²) >= 11 is 0. The normalized spacial score (nSPS) is 9.82. The van der Waals surface area contributed by atoms with E-state index < -0.39 is 0 Å². The molecule has 0 amide bonds. The average Bonchev–Trinajstić information content (AvgIpc) is 2.33. The van der Waals surface area contributed by atoms with Crippen molar-refractivity contribution in [3.05, 3.63) is 0 Å². The van der Waals surface area contributed by atoms with E-state index in [1.165, 1.54) is 0 Å². The third-order valence-electron chi connectivity index (χ3n) is 1.29. The third kappa shape index (κ3) is 1.60. The maximum absolute atomic E-state index is 4.19. The van der Waals surface area contributed by atoms with E-state index in [2.05, 4.69) is 15.2 Å². The number of nitrogens with one attached hydrogen (secondary N) is 1. The topological polar surface area (TPSA) is 48.1 Å². The standard InChI is InChI=1S/C6H13N5/c1-10(2)5-7-6(9-8-5)11(3)4/h1-4H3,(H,7,8,9). The molecule has 0 radical (unpaired) electrons. The van der Waals surface area contributed by atoms with Gasteiger partial charge in [-0.05, 0) is 0 Å².